The second-order valence-corrected chi connectivity index (χ2v) is 3.04. The highest BCUT2D eigenvalue weighted by Gasteiger charge is 2.27. The number of methoxy groups -OCH3 is 1. The van der Waals surface area contributed by atoms with Crippen LogP contribution in [-0.4, -0.2) is 18.0 Å². The first-order chi connectivity index (χ1) is 3.34. The van der Waals surface area contributed by atoms with Crippen molar-refractivity contribution < 1.29 is 4.74 Å². The van der Waals surface area contributed by atoms with Gasteiger partial charge in [0.1, 0.15) is 0 Å². The Kier molecular flexibility index (Phi) is 1.70. The maximum atomic E-state index is 5.05. The van der Waals surface area contributed by atoms with Crippen molar-refractivity contribution in [3.63, 3.8) is 0 Å². The van der Waals surface area contributed by atoms with E-state index in [0.29, 0.717) is 10.9 Å². The zero-order valence-corrected chi connectivity index (χ0v) is 5.94. The Balaban J connectivity index is 2.16. The average molecular weight is 165 g/mol. The van der Waals surface area contributed by atoms with Crippen molar-refractivity contribution in [2.45, 2.75) is 23.8 Å². The van der Waals surface area contributed by atoms with Gasteiger partial charge in [-0.2, -0.15) is 0 Å². The minimum Gasteiger partial charge on any atom is -0.380 e. The highest BCUT2D eigenvalue weighted by atomic mass is 79.9. The molecule has 7 heavy (non-hydrogen) atoms. The lowest BCUT2D eigenvalue weighted by Crippen LogP contribution is -2.33. The number of rotatable bonds is 1. The van der Waals surface area contributed by atoms with E-state index in [-0.39, 0.29) is 0 Å². The van der Waals surface area contributed by atoms with Gasteiger partial charge in [-0.3, -0.25) is 0 Å². The zero-order chi connectivity index (χ0) is 5.28. The van der Waals surface area contributed by atoms with Crippen molar-refractivity contribution in [1.29, 1.82) is 0 Å². The van der Waals surface area contributed by atoms with E-state index >= 15 is 0 Å². The summed E-state index contributed by atoms with van der Waals surface area (Å²) in [5.41, 5.74) is 0. The van der Waals surface area contributed by atoms with E-state index in [0.717, 1.165) is 0 Å². The van der Waals surface area contributed by atoms with Gasteiger partial charge in [-0.25, -0.2) is 0 Å². The molecule has 2 unspecified atom stereocenters. The Labute approximate surface area is 52.2 Å². The molecule has 1 aliphatic carbocycles. The van der Waals surface area contributed by atoms with Crippen LogP contribution >= 0.6 is 15.9 Å². The van der Waals surface area contributed by atoms with Crippen LogP contribution in [0.4, 0.5) is 0 Å². The topological polar surface area (TPSA) is 9.23 Å². The molecule has 0 amide bonds. The molecule has 0 aromatic carbocycles. The smallest absolute Gasteiger partial charge is 0.0696 e. The van der Waals surface area contributed by atoms with E-state index in [1.54, 1.807) is 7.11 Å². The quantitative estimate of drug-likeness (QED) is 0.535. The minimum atomic E-state index is 0.500. The van der Waals surface area contributed by atoms with Crippen LogP contribution in [0.25, 0.3) is 0 Å². The molecule has 1 fully saturated rings. The molecule has 1 saturated carbocycles. The SMILES string of the molecule is COC1CCC1Br. The Morgan fingerprint density at radius 2 is 2.29 bits per heavy atom. The fourth-order valence-corrected chi connectivity index (χ4v) is 1.44. The normalized spacial score (nSPS) is 40.3. The molecular weight excluding hydrogens is 156 g/mol. The lowest BCUT2D eigenvalue weighted by molar-refractivity contribution is 0.0502. The van der Waals surface area contributed by atoms with Gasteiger partial charge in [-0.1, -0.05) is 15.9 Å². The second kappa shape index (κ2) is 2.14. The van der Waals surface area contributed by atoms with Gasteiger partial charge in [0.25, 0.3) is 0 Å². The predicted octanol–water partition coefficient (Wildman–Crippen LogP) is 1.56. The molecule has 42 valence electrons. The Morgan fingerprint density at radius 3 is 2.29 bits per heavy atom. The van der Waals surface area contributed by atoms with Crippen molar-refractivity contribution >= 4 is 15.9 Å². The molecule has 2 atom stereocenters. The van der Waals surface area contributed by atoms with Crippen LogP contribution in [0.3, 0.4) is 0 Å². The number of hydrogen-bond acceptors (Lipinski definition) is 1. The summed E-state index contributed by atoms with van der Waals surface area (Å²) in [5.74, 6) is 0. The lowest BCUT2D eigenvalue weighted by atomic mass is 9.96. The summed E-state index contributed by atoms with van der Waals surface area (Å²) in [5, 5.41) is 0. The summed E-state index contributed by atoms with van der Waals surface area (Å²) >= 11 is 3.46. The lowest BCUT2D eigenvalue weighted by Gasteiger charge is -2.30. The van der Waals surface area contributed by atoms with E-state index < -0.39 is 0 Å². The third-order valence-corrected chi connectivity index (χ3v) is 2.48. The second-order valence-electron chi connectivity index (χ2n) is 1.87. The summed E-state index contributed by atoms with van der Waals surface area (Å²) in [7, 11) is 1.76. The van der Waals surface area contributed by atoms with Gasteiger partial charge in [0.2, 0.25) is 0 Å². The van der Waals surface area contributed by atoms with Crippen LogP contribution in [0.1, 0.15) is 12.8 Å². The molecule has 0 saturated heterocycles. The standard InChI is InChI=1S/C5H9BrO/c1-7-5-3-2-4(5)6/h4-5H,2-3H2,1H3. The summed E-state index contributed by atoms with van der Waals surface area (Å²) in [6.45, 7) is 0. The molecule has 0 aliphatic heterocycles. The van der Waals surface area contributed by atoms with Gasteiger partial charge in [-0.05, 0) is 12.8 Å². The van der Waals surface area contributed by atoms with Crippen molar-refractivity contribution in [2.75, 3.05) is 7.11 Å². The van der Waals surface area contributed by atoms with E-state index in [9.17, 15) is 0 Å². The van der Waals surface area contributed by atoms with Crippen molar-refractivity contribution in [1.82, 2.24) is 0 Å². The number of halogens is 1. The summed E-state index contributed by atoms with van der Waals surface area (Å²) in [6, 6.07) is 0. The van der Waals surface area contributed by atoms with E-state index in [1.807, 2.05) is 0 Å². The van der Waals surface area contributed by atoms with Crippen molar-refractivity contribution in [3.05, 3.63) is 0 Å². The van der Waals surface area contributed by atoms with Crippen LogP contribution in [0, 0.1) is 0 Å². The molecule has 2 heteroatoms. The molecular formula is C5H9BrO. The molecule has 0 aromatic heterocycles. The maximum Gasteiger partial charge on any atom is 0.0696 e. The Bertz CT molecular complexity index is 63.1. The average Bonchev–Trinajstić information content (AvgIpc) is 1.65. The first kappa shape index (κ1) is 5.57. The summed E-state index contributed by atoms with van der Waals surface area (Å²) in [4.78, 5) is 0.637. The van der Waals surface area contributed by atoms with Crippen LogP contribution < -0.4 is 0 Å². The Hall–Kier alpha value is 0.440. The highest BCUT2D eigenvalue weighted by molar-refractivity contribution is 9.09. The van der Waals surface area contributed by atoms with Gasteiger partial charge in [0.15, 0.2) is 0 Å². The zero-order valence-electron chi connectivity index (χ0n) is 4.36. The molecule has 0 heterocycles. The molecule has 0 N–H and O–H groups in total. The van der Waals surface area contributed by atoms with Gasteiger partial charge in [0, 0.05) is 11.9 Å². The van der Waals surface area contributed by atoms with Crippen LogP contribution in [-0.2, 0) is 4.74 Å². The Morgan fingerprint density at radius 1 is 1.57 bits per heavy atom. The molecule has 0 bridgehead atoms. The third kappa shape index (κ3) is 0.970. The van der Waals surface area contributed by atoms with Crippen LogP contribution in [0.5, 0.6) is 0 Å². The van der Waals surface area contributed by atoms with Gasteiger partial charge >= 0.3 is 0 Å². The monoisotopic (exact) mass is 164 g/mol. The molecule has 0 spiro atoms. The van der Waals surface area contributed by atoms with Gasteiger partial charge in [0.05, 0.1) is 6.10 Å². The molecule has 0 aromatic rings. The fourth-order valence-electron chi connectivity index (χ4n) is 0.694. The summed E-state index contributed by atoms with van der Waals surface area (Å²) < 4.78 is 5.05. The first-order valence-electron chi connectivity index (χ1n) is 2.51. The maximum absolute atomic E-state index is 5.05. The van der Waals surface area contributed by atoms with Crippen molar-refractivity contribution in [3.8, 4) is 0 Å². The molecule has 0 radical (unpaired) electrons. The van der Waals surface area contributed by atoms with Gasteiger partial charge < -0.3 is 4.74 Å². The van der Waals surface area contributed by atoms with E-state index in [4.69, 9.17) is 4.74 Å². The van der Waals surface area contributed by atoms with Crippen molar-refractivity contribution in [2.24, 2.45) is 0 Å². The third-order valence-electron chi connectivity index (χ3n) is 1.43. The predicted molar refractivity (Wildman–Crippen MR) is 32.7 cm³/mol. The minimum absolute atomic E-state index is 0.500. The largest absolute Gasteiger partial charge is 0.380 e. The number of ether oxygens (including phenoxy) is 1. The van der Waals surface area contributed by atoms with E-state index in [1.165, 1.54) is 12.8 Å². The number of hydrogen-bond donors (Lipinski definition) is 0. The van der Waals surface area contributed by atoms with Crippen LogP contribution in [0.2, 0.25) is 0 Å². The first-order valence-corrected chi connectivity index (χ1v) is 3.43. The summed E-state index contributed by atoms with van der Waals surface area (Å²) in [6.07, 6.45) is 3.00. The fraction of sp³-hybridized carbons (Fsp3) is 1.00. The van der Waals surface area contributed by atoms with Gasteiger partial charge in [-0.15, -0.1) is 0 Å². The number of alkyl halides is 1. The molecule has 1 nitrogen and oxygen atoms in total. The molecule has 1 rings (SSSR count). The van der Waals surface area contributed by atoms with E-state index in [2.05, 4.69) is 15.9 Å². The molecule has 1 aliphatic rings. The highest BCUT2D eigenvalue weighted by Crippen LogP contribution is 2.28. The van der Waals surface area contributed by atoms with Crippen LogP contribution in [0.15, 0.2) is 0 Å².